The normalized spacial score (nSPS) is 15.6. The fourth-order valence-corrected chi connectivity index (χ4v) is 2.60. The van der Waals surface area contributed by atoms with Gasteiger partial charge in [-0.2, -0.15) is 13.2 Å². The molecule has 0 aromatic heterocycles. The van der Waals surface area contributed by atoms with Crippen LogP contribution in [0.5, 0.6) is 0 Å². The molecule has 1 heterocycles. The Hall–Kier alpha value is -1.77. The van der Waals surface area contributed by atoms with Crippen LogP contribution in [0.1, 0.15) is 5.56 Å². The van der Waals surface area contributed by atoms with Crippen molar-refractivity contribution in [3.63, 3.8) is 0 Å². The van der Waals surface area contributed by atoms with Crippen molar-refractivity contribution in [1.82, 2.24) is 5.32 Å². The molecule has 0 saturated carbocycles. The van der Waals surface area contributed by atoms with Crippen LogP contribution >= 0.6 is 11.8 Å². The quantitative estimate of drug-likeness (QED) is 0.529. The van der Waals surface area contributed by atoms with Crippen LogP contribution in [0.3, 0.4) is 0 Å². The predicted octanol–water partition coefficient (Wildman–Crippen LogP) is 2.84. The lowest BCUT2D eigenvalue weighted by Gasteiger charge is -2.16. The van der Waals surface area contributed by atoms with E-state index in [1.807, 2.05) is 0 Å². The van der Waals surface area contributed by atoms with E-state index in [9.17, 15) is 27.2 Å². The average Bonchev–Trinajstić information content (AvgIpc) is 2.68. The predicted molar refractivity (Wildman–Crippen MR) is 68.8 cm³/mol. The van der Waals surface area contributed by atoms with E-state index in [0.29, 0.717) is 22.2 Å². The van der Waals surface area contributed by atoms with Gasteiger partial charge in [0.05, 0.1) is 18.0 Å². The lowest BCUT2D eigenvalue weighted by molar-refractivity contribution is -0.116. The molecule has 1 saturated heterocycles. The number of alkyl halides is 3. The monoisotopic (exact) mass is 322 g/mol. The van der Waals surface area contributed by atoms with Crippen LogP contribution in [0.25, 0.3) is 0 Å². The molecule has 21 heavy (non-hydrogen) atoms. The fourth-order valence-electron chi connectivity index (χ4n) is 1.79. The van der Waals surface area contributed by atoms with E-state index in [1.54, 1.807) is 0 Å². The third kappa shape index (κ3) is 3.46. The zero-order valence-electron chi connectivity index (χ0n) is 10.8. The van der Waals surface area contributed by atoms with Gasteiger partial charge in [-0.3, -0.25) is 4.79 Å². The number of rotatable bonds is 3. The SMILES string of the molecule is Cc1cc(F)c(N2C(=O)CNC2=O)cc1SCC(F)(F)F. The minimum Gasteiger partial charge on any atom is -0.328 e. The number of hydrogen-bond acceptors (Lipinski definition) is 3. The van der Waals surface area contributed by atoms with Gasteiger partial charge in [0.2, 0.25) is 0 Å². The van der Waals surface area contributed by atoms with Gasteiger partial charge in [0.25, 0.3) is 5.91 Å². The molecule has 1 aliphatic rings. The van der Waals surface area contributed by atoms with Crippen LogP contribution in [0.15, 0.2) is 17.0 Å². The summed E-state index contributed by atoms with van der Waals surface area (Å²) in [5, 5.41) is 2.22. The number of hydrogen-bond donors (Lipinski definition) is 1. The summed E-state index contributed by atoms with van der Waals surface area (Å²) >= 11 is 0.477. The van der Waals surface area contributed by atoms with E-state index in [1.165, 1.54) is 6.92 Å². The Balaban J connectivity index is 2.34. The molecule has 4 nitrogen and oxygen atoms in total. The summed E-state index contributed by atoms with van der Waals surface area (Å²) in [5.74, 6) is -2.64. The Morgan fingerprint density at radius 2 is 2.00 bits per heavy atom. The first-order valence-corrected chi connectivity index (χ1v) is 6.78. The van der Waals surface area contributed by atoms with Crippen LogP contribution in [-0.4, -0.2) is 30.4 Å². The van der Waals surface area contributed by atoms with Crippen molar-refractivity contribution in [3.8, 4) is 0 Å². The highest BCUT2D eigenvalue weighted by atomic mass is 32.2. The number of imide groups is 1. The topological polar surface area (TPSA) is 49.4 Å². The average molecular weight is 322 g/mol. The van der Waals surface area contributed by atoms with Gasteiger partial charge in [-0.15, -0.1) is 11.8 Å². The molecule has 1 aromatic carbocycles. The van der Waals surface area contributed by atoms with Gasteiger partial charge in [0, 0.05) is 4.90 Å². The van der Waals surface area contributed by atoms with E-state index < -0.39 is 29.7 Å². The van der Waals surface area contributed by atoms with E-state index in [4.69, 9.17) is 0 Å². The number of amides is 3. The molecule has 0 bridgehead atoms. The molecule has 9 heteroatoms. The van der Waals surface area contributed by atoms with E-state index in [2.05, 4.69) is 5.32 Å². The van der Waals surface area contributed by atoms with Crippen molar-refractivity contribution in [2.75, 3.05) is 17.2 Å². The van der Waals surface area contributed by atoms with Crippen LogP contribution in [0.4, 0.5) is 28.0 Å². The third-order valence-corrected chi connectivity index (χ3v) is 3.94. The summed E-state index contributed by atoms with van der Waals surface area (Å²) in [6.45, 7) is 1.19. The maximum Gasteiger partial charge on any atom is 0.398 e. The van der Waals surface area contributed by atoms with Gasteiger partial charge >= 0.3 is 12.2 Å². The highest BCUT2D eigenvalue weighted by molar-refractivity contribution is 7.99. The van der Waals surface area contributed by atoms with Crippen LogP contribution < -0.4 is 10.2 Å². The molecule has 0 atom stereocenters. The third-order valence-electron chi connectivity index (χ3n) is 2.72. The number of nitrogens with one attached hydrogen (secondary N) is 1. The highest BCUT2D eigenvalue weighted by Crippen LogP contribution is 2.34. The summed E-state index contributed by atoms with van der Waals surface area (Å²) in [6.07, 6.45) is -4.37. The van der Waals surface area contributed by atoms with Crippen molar-refractivity contribution in [3.05, 3.63) is 23.5 Å². The Kier molecular flexibility index (Phi) is 4.13. The Morgan fingerprint density at radius 3 is 2.52 bits per heavy atom. The second-order valence-corrected chi connectivity index (χ2v) is 5.38. The minimum absolute atomic E-state index is 0.163. The molecule has 1 aromatic rings. The Bertz CT molecular complexity index is 588. The Labute approximate surface area is 121 Å². The number of halogens is 4. The molecule has 1 fully saturated rings. The second kappa shape index (κ2) is 5.55. The number of carbonyl (C=O) groups is 2. The zero-order chi connectivity index (χ0) is 15.8. The first-order chi connectivity index (χ1) is 9.69. The maximum atomic E-state index is 13.9. The summed E-state index contributed by atoms with van der Waals surface area (Å²) in [5.41, 5.74) is -0.0390. The maximum absolute atomic E-state index is 13.9. The molecule has 114 valence electrons. The number of carbonyl (C=O) groups excluding carboxylic acids is 2. The molecule has 0 aliphatic carbocycles. The van der Waals surface area contributed by atoms with Crippen molar-refractivity contribution < 1.29 is 27.2 Å². The van der Waals surface area contributed by atoms with Crippen LogP contribution in [0, 0.1) is 12.7 Å². The first kappa shape index (κ1) is 15.6. The first-order valence-electron chi connectivity index (χ1n) is 5.79. The van der Waals surface area contributed by atoms with Gasteiger partial charge in [0.15, 0.2) is 0 Å². The number of thioether (sulfide) groups is 1. The smallest absolute Gasteiger partial charge is 0.328 e. The van der Waals surface area contributed by atoms with Gasteiger partial charge in [-0.1, -0.05) is 0 Å². The van der Waals surface area contributed by atoms with Crippen molar-refractivity contribution in [1.29, 1.82) is 0 Å². The fraction of sp³-hybridized carbons (Fsp3) is 0.333. The van der Waals surface area contributed by atoms with E-state index >= 15 is 0 Å². The molecule has 1 N–H and O–H groups in total. The second-order valence-electron chi connectivity index (χ2n) is 4.36. The number of nitrogens with zero attached hydrogens (tertiary/aromatic N) is 1. The van der Waals surface area contributed by atoms with E-state index in [0.717, 1.165) is 12.1 Å². The van der Waals surface area contributed by atoms with Gasteiger partial charge in [-0.05, 0) is 24.6 Å². The molecule has 1 aliphatic heterocycles. The van der Waals surface area contributed by atoms with Gasteiger partial charge in [0.1, 0.15) is 5.82 Å². The van der Waals surface area contributed by atoms with Crippen molar-refractivity contribution in [2.45, 2.75) is 18.0 Å². The number of benzene rings is 1. The van der Waals surface area contributed by atoms with E-state index in [-0.39, 0.29) is 17.1 Å². The summed E-state index contributed by atoms with van der Waals surface area (Å²) in [7, 11) is 0. The number of anilines is 1. The number of urea groups is 1. The molecule has 0 spiro atoms. The largest absolute Gasteiger partial charge is 0.398 e. The summed E-state index contributed by atoms with van der Waals surface area (Å²) < 4.78 is 50.7. The molecule has 2 rings (SSSR count). The molecule has 0 unspecified atom stereocenters. The standard InChI is InChI=1S/C12H10F4N2O2S/c1-6-2-7(13)8(18-10(19)4-17-11(18)20)3-9(6)21-5-12(14,15)16/h2-3H,4-5H2,1H3,(H,17,20). The lowest BCUT2D eigenvalue weighted by Crippen LogP contribution is -2.31. The van der Waals surface area contributed by atoms with Crippen molar-refractivity contribution in [2.24, 2.45) is 0 Å². The van der Waals surface area contributed by atoms with Crippen LogP contribution in [0.2, 0.25) is 0 Å². The molecular formula is C12H10F4N2O2S. The Morgan fingerprint density at radius 1 is 1.33 bits per heavy atom. The van der Waals surface area contributed by atoms with Gasteiger partial charge in [-0.25, -0.2) is 14.1 Å². The van der Waals surface area contributed by atoms with Gasteiger partial charge < -0.3 is 5.32 Å². The molecule has 3 amide bonds. The zero-order valence-corrected chi connectivity index (χ0v) is 11.6. The minimum atomic E-state index is -4.37. The highest BCUT2D eigenvalue weighted by Gasteiger charge is 2.33. The molecule has 0 radical (unpaired) electrons. The van der Waals surface area contributed by atoms with Crippen LogP contribution in [-0.2, 0) is 4.79 Å². The van der Waals surface area contributed by atoms with Crippen molar-refractivity contribution >= 4 is 29.4 Å². The molecular weight excluding hydrogens is 312 g/mol. The summed E-state index contributed by atoms with van der Waals surface area (Å²) in [6, 6.07) is 1.30. The lowest BCUT2D eigenvalue weighted by atomic mass is 10.2. The number of aryl methyl sites for hydroxylation is 1. The summed E-state index contributed by atoms with van der Waals surface area (Å²) in [4.78, 5) is 23.8.